The molecule has 0 aliphatic carbocycles. The first-order valence-electron chi connectivity index (χ1n) is 6.58. The summed E-state index contributed by atoms with van der Waals surface area (Å²) in [6.07, 6.45) is 0. The van der Waals surface area contributed by atoms with Gasteiger partial charge in [-0.2, -0.15) is 0 Å². The van der Waals surface area contributed by atoms with Crippen LogP contribution >= 0.6 is 11.8 Å². The summed E-state index contributed by atoms with van der Waals surface area (Å²) in [6, 6.07) is 8.00. The number of hydrogen-bond acceptors (Lipinski definition) is 6. The first kappa shape index (κ1) is 13.9. The van der Waals surface area contributed by atoms with Gasteiger partial charge in [0.15, 0.2) is 0 Å². The molecule has 108 valence electrons. The zero-order valence-corrected chi connectivity index (χ0v) is 12.9. The predicted molar refractivity (Wildman–Crippen MR) is 80.0 cm³/mol. The maximum Gasteiger partial charge on any atom is 0.277 e. The molecular weight excluding hydrogens is 286 g/mol. The number of aryl methyl sites for hydroxylation is 3. The topological polar surface area (TPSA) is 65.0 Å². The first-order chi connectivity index (χ1) is 10.1. The van der Waals surface area contributed by atoms with Gasteiger partial charge in [-0.05, 0) is 32.9 Å². The minimum Gasteiger partial charge on any atom is -0.411 e. The first-order valence-corrected chi connectivity index (χ1v) is 7.57. The monoisotopic (exact) mass is 301 g/mol. The maximum absolute atomic E-state index is 5.69. The van der Waals surface area contributed by atoms with E-state index in [1.807, 2.05) is 45.0 Å². The van der Waals surface area contributed by atoms with Crippen LogP contribution in [0.1, 0.15) is 22.6 Å². The van der Waals surface area contributed by atoms with Gasteiger partial charge in [-0.15, -0.1) is 10.2 Å². The summed E-state index contributed by atoms with van der Waals surface area (Å²) in [5, 5.41) is 12.7. The van der Waals surface area contributed by atoms with E-state index >= 15 is 0 Å². The quantitative estimate of drug-likeness (QED) is 0.680. The Kier molecular flexibility index (Phi) is 3.79. The summed E-state index contributed by atoms with van der Waals surface area (Å²) in [5.41, 5.74) is 4.08. The Morgan fingerprint density at radius 2 is 2.00 bits per heavy atom. The molecule has 3 rings (SSSR count). The molecule has 0 spiro atoms. The molecule has 2 heterocycles. The fraction of sp³-hybridized carbons (Fsp3) is 0.267. The molecule has 0 bridgehead atoms. The van der Waals surface area contributed by atoms with Gasteiger partial charge in [0.2, 0.25) is 5.89 Å². The molecule has 0 aliphatic rings. The highest BCUT2D eigenvalue weighted by Crippen LogP contribution is 2.28. The lowest BCUT2D eigenvalue weighted by molar-refractivity contribution is 0.392. The molecule has 21 heavy (non-hydrogen) atoms. The zero-order valence-electron chi connectivity index (χ0n) is 12.1. The van der Waals surface area contributed by atoms with Crippen LogP contribution in [0.5, 0.6) is 0 Å². The molecule has 0 amide bonds. The van der Waals surface area contributed by atoms with Crippen LogP contribution in [-0.4, -0.2) is 15.4 Å². The molecule has 5 nitrogen and oxygen atoms in total. The van der Waals surface area contributed by atoms with Crippen LogP contribution in [0, 0.1) is 20.8 Å². The second-order valence-corrected chi connectivity index (χ2v) is 5.76. The third kappa shape index (κ3) is 3.00. The van der Waals surface area contributed by atoms with Crippen LogP contribution in [0.25, 0.3) is 11.5 Å². The molecule has 3 aromatic rings. The van der Waals surface area contributed by atoms with E-state index in [1.54, 1.807) is 0 Å². The fourth-order valence-corrected chi connectivity index (χ4v) is 2.92. The third-order valence-corrected chi connectivity index (χ3v) is 4.04. The summed E-state index contributed by atoms with van der Waals surface area (Å²) >= 11 is 1.49. The average Bonchev–Trinajstić information content (AvgIpc) is 3.05. The molecule has 0 fully saturated rings. The lowest BCUT2D eigenvalue weighted by Gasteiger charge is -1.97. The normalized spacial score (nSPS) is 11.0. The van der Waals surface area contributed by atoms with Crippen molar-refractivity contribution < 1.29 is 8.94 Å². The van der Waals surface area contributed by atoms with Gasteiger partial charge in [0.25, 0.3) is 5.22 Å². The van der Waals surface area contributed by atoms with Gasteiger partial charge in [-0.3, -0.25) is 0 Å². The number of rotatable bonds is 4. The van der Waals surface area contributed by atoms with E-state index in [-0.39, 0.29) is 0 Å². The summed E-state index contributed by atoms with van der Waals surface area (Å²) < 4.78 is 10.8. The molecule has 0 saturated carbocycles. The van der Waals surface area contributed by atoms with E-state index in [9.17, 15) is 0 Å². The van der Waals surface area contributed by atoms with Crippen LogP contribution in [0.2, 0.25) is 0 Å². The number of aromatic nitrogens is 3. The van der Waals surface area contributed by atoms with Crippen molar-refractivity contribution in [3.05, 3.63) is 46.8 Å². The Bertz CT molecular complexity index is 744. The minimum atomic E-state index is 0.542. The second-order valence-electron chi connectivity index (χ2n) is 4.83. The van der Waals surface area contributed by atoms with E-state index in [1.165, 1.54) is 11.8 Å². The van der Waals surface area contributed by atoms with Gasteiger partial charge < -0.3 is 8.94 Å². The van der Waals surface area contributed by atoms with Crippen molar-refractivity contribution in [2.45, 2.75) is 31.7 Å². The second kappa shape index (κ2) is 5.73. The lowest BCUT2D eigenvalue weighted by Crippen LogP contribution is -1.84. The van der Waals surface area contributed by atoms with Gasteiger partial charge >= 0.3 is 0 Å². The van der Waals surface area contributed by atoms with E-state index in [4.69, 9.17) is 8.94 Å². The zero-order chi connectivity index (χ0) is 14.8. The van der Waals surface area contributed by atoms with E-state index in [2.05, 4.69) is 15.4 Å². The Hall–Kier alpha value is -2.08. The standard InChI is InChI=1S/C15H15N3O2S/c1-9-5-4-6-12(7-9)14-16-17-15(19-14)21-8-13-10(2)18-20-11(13)3/h4-7H,8H2,1-3H3. The maximum atomic E-state index is 5.69. The molecule has 0 aliphatic heterocycles. The molecule has 0 atom stereocenters. The fourth-order valence-electron chi connectivity index (χ4n) is 2.00. The summed E-state index contributed by atoms with van der Waals surface area (Å²) in [5.74, 6) is 2.08. The van der Waals surface area contributed by atoms with Gasteiger partial charge in [0.05, 0.1) is 5.69 Å². The molecule has 1 aromatic carbocycles. The van der Waals surface area contributed by atoms with Crippen LogP contribution < -0.4 is 0 Å². The van der Waals surface area contributed by atoms with Gasteiger partial charge in [-0.1, -0.05) is 34.6 Å². The van der Waals surface area contributed by atoms with E-state index < -0.39 is 0 Å². The minimum absolute atomic E-state index is 0.542. The van der Waals surface area contributed by atoms with Crippen molar-refractivity contribution >= 4 is 11.8 Å². The highest BCUT2D eigenvalue weighted by atomic mass is 32.2. The predicted octanol–water partition coefficient (Wildman–Crippen LogP) is 3.94. The highest BCUT2D eigenvalue weighted by molar-refractivity contribution is 7.98. The summed E-state index contributed by atoms with van der Waals surface area (Å²) in [6.45, 7) is 5.87. The van der Waals surface area contributed by atoms with Crippen molar-refractivity contribution in [1.82, 2.24) is 15.4 Å². The summed E-state index contributed by atoms with van der Waals surface area (Å²) in [7, 11) is 0. The smallest absolute Gasteiger partial charge is 0.277 e. The van der Waals surface area contributed by atoms with Crippen LogP contribution in [0.3, 0.4) is 0 Å². The van der Waals surface area contributed by atoms with Crippen LogP contribution in [0.15, 0.2) is 38.4 Å². The molecule has 6 heteroatoms. The SMILES string of the molecule is Cc1cccc(-c2nnc(SCc3c(C)noc3C)o2)c1. The molecule has 0 saturated heterocycles. The average molecular weight is 301 g/mol. The van der Waals surface area contributed by atoms with Crippen molar-refractivity contribution in [3.8, 4) is 11.5 Å². The van der Waals surface area contributed by atoms with E-state index in [0.29, 0.717) is 16.9 Å². The van der Waals surface area contributed by atoms with Gasteiger partial charge in [-0.25, -0.2) is 0 Å². The highest BCUT2D eigenvalue weighted by Gasteiger charge is 2.13. The third-order valence-electron chi connectivity index (χ3n) is 3.19. The lowest BCUT2D eigenvalue weighted by atomic mass is 10.1. The van der Waals surface area contributed by atoms with Crippen LogP contribution in [0.4, 0.5) is 0 Å². The number of nitrogens with zero attached hydrogens (tertiary/aromatic N) is 3. The number of hydrogen-bond donors (Lipinski definition) is 0. The molecular formula is C15H15N3O2S. The Morgan fingerprint density at radius 1 is 1.14 bits per heavy atom. The van der Waals surface area contributed by atoms with Crippen LogP contribution in [-0.2, 0) is 5.75 Å². The number of thioether (sulfide) groups is 1. The largest absolute Gasteiger partial charge is 0.411 e. The Morgan fingerprint density at radius 3 is 2.71 bits per heavy atom. The van der Waals surface area contributed by atoms with Gasteiger partial charge in [0, 0.05) is 16.9 Å². The Balaban J connectivity index is 1.74. The van der Waals surface area contributed by atoms with E-state index in [0.717, 1.165) is 28.1 Å². The summed E-state index contributed by atoms with van der Waals surface area (Å²) in [4.78, 5) is 0. The van der Waals surface area contributed by atoms with Crippen molar-refractivity contribution in [1.29, 1.82) is 0 Å². The molecule has 0 radical (unpaired) electrons. The molecule has 2 aromatic heterocycles. The van der Waals surface area contributed by atoms with Gasteiger partial charge in [0.1, 0.15) is 5.76 Å². The Labute approximate surface area is 126 Å². The van der Waals surface area contributed by atoms with Crippen molar-refractivity contribution in [2.24, 2.45) is 0 Å². The van der Waals surface area contributed by atoms with Crippen molar-refractivity contribution in [2.75, 3.05) is 0 Å². The molecule has 0 unspecified atom stereocenters. The number of benzene rings is 1. The molecule has 0 N–H and O–H groups in total. The van der Waals surface area contributed by atoms with Crippen molar-refractivity contribution in [3.63, 3.8) is 0 Å².